The monoisotopic (exact) mass is 252 g/mol. The summed E-state index contributed by atoms with van der Waals surface area (Å²) in [5, 5.41) is 9.18. The molecule has 0 aliphatic carbocycles. The maximum absolute atomic E-state index is 9.18. The summed E-state index contributed by atoms with van der Waals surface area (Å²) >= 11 is 3.37. The molecule has 0 aliphatic rings. The van der Waals surface area contributed by atoms with Gasteiger partial charge in [0.1, 0.15) is 5.54 Å². The van der Waals surface area contributed by atoms with E-state index in [-0.39, 0.29) is 0 Å². The van der Waals surface area contributed by atoms with Gasteiger partial charge in [0.2, 0.25) is 0 Å². The van der Waals surface area contributed by atoms with Gasteiger partial charge < -0.3 is 0 Å². The van der Waals surface area contributed by atoms with Gasteiger partial charge in [-0.3, -0.25) is 4.90 Å². The Balaban J connectivity index is 3.15. The summed E-state index contributed by atoms with van der Waals surface area (Å²) in [6, 6.07) is 10.2. The van der Waals surface area contributed by atoms with E-state index in [4.69, 9.17) is 0 Å². The molecule has 0 aromatic heterocycles. The molecule has 0 N–H and O–H groups in total. The van der Waals surface area contributed by atoms with Crippen LogP contribution in [0.5, 0.6) is 0 Å². The molecule has 3 heteroatoms. The molecule has 0 radical (unpaired) electrons. The zero-order valence-corrected chi connectivity index (χ0v) is 10.2. The summed E-state index contributed by atoms with van der Waals surface area (Å²) in [7, 11) is 3.82. The van der Waals surface area contributed by atoms with Gasteiger partial charge >= 0.3 is 0 Å². The van der Waals surface area contributed by atoms with Crippen LogP contribution in [0, 0.1) is 11.3 Å². The Labute approximate surface area is 93.3 Å². The van der Waals surface area contributed by atoms with Gasteiger partial charge in [0.15, 0.2) is 0 Å². The number of halogens is 1. The van der Waals surface area contributed by atoms with Crippen LogP contribution in [0.25, 0.3) is 0 Å². The molecule has 0 saturated heterocycles. The second kappa shape index (κ2) is 4.12. The summed E-state index contributed by atoms with van der Waals surface area (Å²) < 4.78 is 1.03. The van der Waals surface area contributed by atoms with E-state index in [0.29, 0.717) is 0 Å². The zero-order valence-electron chi connectivity index (χ0n) is 8.58. The first-order valence-electron chi connectivity index (χ1n) is 4.35. The van der Waals surface area contributed by atoms with Gasteiger partial charge in [-0.1, -0.05) is 28.1 Å². The van der Waals surface area contributed by atoms with Gasteiger partial charge in [-0.25, -0.2) is 0 Å². The van der Waals surface area contributed by atoms with Gasteiger partial charge in [-0.2, -0.15) is 5.26 Å². The average molecular weight is 253 g/mol. The van der Waals surface area contributed by atoms with Crippen molar-refractivity contribution in [1.82, 2.24) is 4.90 Å². The quantitative estimate of drug-likeness (QED) is 0.810. The second-order valence-electron chi connectivity index (χ2n) is 3.59. The summed E-state index contributed by atoms with van der Waals surface area (Å²) in [4.78, 5) is 1.91. The highest BCUT2D eigenvalue weighted by Gasteiger charge is 2.28. The van der Waals surface area contributed by atoms with Crippen molar-refractivity contribution in [3.63, 3.8) is 0 Å². The third-order valence-corrected chi connectivity index (χ3v) is 3.05. The van der Waals surface area contributed by atoms with Gasteiger partial charge in [-0.05, 0) is 38.7 Å². The highest BCUT2D eigenvalue weighted by atomic mass is 79.9. The van der Waals surface area contributed by atoms with Crippen LogP contribution in [-0.4, -0.2) is 19.0 Å². The van der Waals surface area contributed by atoms with Crippen molar-refractivity contribution in [2.24, 2.45) is 0 Å². The molecular weight excluding hydrogens is 240 g/mol. The largest absolute Gasteiger partial charge is 0.288 e. The highest BCUT2D eigenvalue weighted by Crippen LogP contribution is 2.26. The molecule has 1 atom stereocenters. The molecule has 1 unspecified atom stereocenters. The van der Waals surface area contributed by atoms with Crippen molar-refractivity contribution >= 4 is 15.9 Å². The minimum absolute atomic E-state index is 0.555. The number of benzene rings is 1. The van der Waals surface area contributed by atoms with E-state index in [1.807, 2.05) is 50.2 Å². The predicted octanol–water partition coefficient (Wildman–Crippen LogP) is 2.75. The molecule has 14 heavy (non-hydrogen) atoms. The third kappa shape index (κ3) is 1.97. The maximum atomic E-state index is 9.18. The van der Waals surface area contributed by atoms with Gasteiger partial charge in [-0.15, -0.1) is 0 Å². The average Bonchev–Trinajstić information content (AvgIpc) is 2.17. The molecule has 0 fully saturated rings. The number of hydrogen-bond acceptors (Lipinski definition) is 2. The fraction of sp³-hybridized carbons (Fsp3) is 0.364. The van der Waals surface area contributed by atoms with Gasteiger partial charge in [0.25, 0.3) is 0 Å². The van der Waals surface area contributed by atoms with E-state index in [1.165, 1.54) is 0 Å². The van der Waals surface area contributed by atoms with Crippen LogP contribution in [0.4, 0.5) is 0 Å². The van der Waals surface area contributed by atoms with E-state index in [9.17, 15) is 5.26 Å². The Morgan fingerprint density at radius 2 is 1.79 bits per heavy atom. The lowest BCUT2D eigenvalue weighted by atomic mass is 9.93. The molecule has 0 spiro atoms. The minimum atomic E-state index is -0.555. The predicted molar refractivity (Wildman–Crippen MR) is 60.8 cm³/mol. The molecule has 2 nitrogen and oxygen atoms in total. The Kier molecular flexibility index (Phi) is 3.30. The Morgan fingerprint density at radius 1 is 1.29 bits per heavy atom. The van der Waals surface area contributed by atoms with Crippen molar-refractivity contribution in [2.45, 2.75) is 12.5 Å². The minimum Gasteiger partial charge on any atom is -0.288 e. The first-order valence-corrected chi connectivity index (χ1v) is 5.14. The molecule has 1 aromatic carbocycles. The molecule has 1 aromatic rings. The van der Waals surface area contributed by atoms with Crippen molar-refractivity contribution < 1.29 is 0 Å². The van der Waals surface area contributed by atoms with Crippen LogP contribution >= 0.6 is 15.9 Å². The lowest BCUT2D eigenvalue weighted by molar-refractivity contribution is 0.241. The van der Waals surface area contributed by atoms with E-state index < -0.39 is 5.54 Å². The summed E-state index contributed by atoms with van der Waals surface area (Å²) in [5.74, 6) is 0. The topological polar surface area (TPSA) is 27.0 Å². The van der Waals surface area contributed by atoms with Crippen molar-refractivity contribution in [2.75, 3.05) is 14.1 Å². The fourth-order valence-electron chi connectivity index (χ4n) is 1.20. The van der Waals surface area contributed by atoms with E-state index in [2.05, 4.69) is 22.0 Å². The SMILES string of the molecule is CN(C)C(C)(C#N)c1ccc(Br)cc1. The maximum Gasteiger partial charge on any atom is 0.131 e. The third-order valence-electron chi connectivity index (χ3n) is 2.52. The first kappa shape index (κ1) is 11.2. The lowest BCUT2D eigenvalue weighted by Gasteiger charge is -2.29. The summed E-state index contributed by atoms with van der Waals surface area (Å²) in [6.07, 6.45) is 0. The smallest absolute Gasteiger partial charge is 0.131 e. The van der Waals surface area contributed by atoms with Crippen LogP contribution in [0.15, 0.2) is 28.7 Å². The fourth-order valence-corrected chi connectivity index (χ4v) is 1.46. The normalized spacial score (nSPS) is 14.9. The van der Waals surface area contributed by atoms with Crippen LogP contribution in [-0.2, 0) is 5.54 Å². The molecule has 0 amide bonds. The molecule has 1 rings (SSSR count). The van der Waals surface area contributed by atoms with Gasteiger partial charge in [0.05, 0.1) is 6.07 Å². The van der Waals surface area contributed by atoms with Crippen LogP contribution < -0.4 is 0 Å². The molecule has 0 bridgehead atoms. The van der Waals surface area contributed by atoms with Crippen LogP contribution in [0.2, 0.25) is 0 Å². The summed E-state index contributed by atoms with van der Waals surface area (Å²) in [6.45, 7) is 1.91. The second-order valence-corrected chi connectivity index (χ2v) is 4.50. The number of nitrogens with zero attached hydrogens (tertiary/aromatic N) is 2. The van der Waals surface area contributed by atoms with Crippen LogP contribution in [0.1, 0.15) is 12.5 Å². The first-order chi connectivity index (χ1) is 6.50. The van der Waals surface area contributed by atoms with Crippen LogP contribution in [0.3, 0.4) is 0 Å². The van der Waals surface area contributed by atoms with Crippen molar-refractivity contribution in [3.8, 4) is 6.07 Å². The van der Waals surface area contributed by atoms with Crippen molar-refractivity contribution in [1.29, 1.82) is 5.26 Å². The lowest BCUT2D eigenvalue weighted by Crippen LogP contribution is -2.36. The highest BCUT2D eigenvalue weighted by molar-refractivity contribution is 9.10. The number of hydrogen-bond donors (Lipinski definition) is 0. The molecule has 74 valence electrons. The van der Waals surface area contributed by atoms with E-state index in [1.54, 1.807) is 0 Å². The summed E-state index contributed by atoms with van der Waals surface area (Å²) in [5.41, 5.74) is 0.453. The molecular formula is C11H13BrN2. The number of rotatable bonds is 2. The Morgan fingerprint density at radius 3 is 2.14 bits per heavy atom. The Hall–Kier alpha value is -0.850. The Bertz CT molecular complexity index is 351. The molecule has 0 aliphatic heterocycles. The zero-order chi connectivity index (χ0) is 10.8. The van der Waals surface area contributed by atoms with E-state index >= 15 is 0 Å². The van der Waals surface area contributed by atoms with Crippen molar-refractivity contribution in [3.05, 3.63) is 34.3 Å². The molecule has 0 saturated carbocycles. The molecule has 0 heterocycles. The number of nitriles is 1. The van der Waals surface area contributed by atoms with Gasteiger partial charge in [0, 0.05) is 4.47 Å². The standard InChI is InChI=1S/C11H13BrN2/c1-11(8-13,14(2)3)9-4-6-10(12)7-5-9/h4-7H,1-3H3. The van der Waals surface area contributed by atoms with E-state index in [0.717, 1.165) is 10.0 Å².